The SMILES string of the molecule is Nc1ccc(OCC2CCCCO2)c(Br)c1. The minimum Gasteiger partial charge on any atom is -0.490 e. The number of hydrogen-bond donors (Lipinski definition) is 1. The van der Waals surface area contributed by atoms with Crippen LogP contribution in [0.2, 0.25) is 0 Å². The fourth-order valence-corrected chi connectivity index (χ4v) is 2.27. The fourth-order valence-electron chi connectivity index (χ4n) is 1.76. The zero-order valence-electron chi connectivity index (χ0n) is 9.12. The lowest BCUT2D eigenvalue weighted by molar-refractivity contribution is -0.0112. The lowest BCUT2D eigenvalue weighted by atomic mass is 10.1. The van der Waals surface area contributed by atoms with Gasteiger partial charge in [0, 0.05) is 12.3 Å². The number of rotatable bonds is 3. The first-order valence-corrected chi connectivity index (χ1v) is 6.34. The summed E-state index contributed by atoms with van der Waals surface area (Å²) >= 11 is 3.43. The monoisotopic (exact) mass is 285 g/mol. The largest absolute Gasteiger partial charge is 0.490 e. The zero-order chi connectivity index (χ0) is 11.4. The zero-order valence-corrected chi connectivity index (χ0v) is 10.7. The Morgan fingerprint density at radius 1 is 1.44 bits per heavy atom. The second-order valence-electron chi connectivity index (χ2n) is 3.99. The lowest BCUT2D eigenvalue weighted by Crippen LogP contribution is -2.25. The molecule has 1 atom stereocenters. The molecular weight excluding hydrogens is 270 g/mol. The van der Waals surface area contributed by atoms with Gasteiger partial charge in [-0.05, 0) is 53.4 Å². The Kier molecular flexibility index (Phi) is 4.07. The molecule has 1 unspecified atom stereocenters. The van der Waals surface area contributed by atoms with Crippen molar-refractivity contribution >= 4 is 21.6 Å². The van der Waals surface area contributed by atoms with Gasteiger partial charge in [0.05, 0.1) is 10.6 Å². The molecule has 16 heavy (non-hydrogen) atoms. The summed E-state index contributed by atoms with van der Waals surface area (Å²) in [4.78, 5) is 0. The van der Waals surface area contributed by atoms with Crippen molar-refractivity contribution in [2.75, 3.05) is 18.9 Å². The predicted octanol–water partition coefficient (Wildman–Crippen LogP) is 2.98. The van der Waals surface area contributed by atoms with Crippen LogP contribution in [0.5, 0.6) is 5.75 Å². The molecule has 1 aromatic rings. The number of nitrogen functional groups attached to an aromatic ring is 1. The van der Waals surface area contributed by atoms with Crippen LogP contribution in [0.4, 0.5) is 5.69 Å². The van der Waals surface area contributed by atoms with Crippen molar-refractivity contribution < 1.29 is 9.47 Å². The summed E-state index contributed by atoms with van der Waals surface area (Å²) in [5, 5.41) is 0. The third-order valence-corrected chi connectivity index (χ3v) is 3.27. The van der Waals surface area contributed by atoms with Crippen LogP contribution in [0.1, 0.15) is 19.3 Å². The Morgan fingerprint density at radius 2 is 2.31 bits per heavy atom. The van der Waals surface area contributed by atoms with Gasteiger partial charge in [0.15, 0.2) is 0 Å². The van der Waals surface area contributed by atoms with E-state index in [4.69, 9.17) is 15.2 Å². The Labute approximate surface area is 104 Å². The Morgan fingerprint density at radius 3 is 3.00 bits per heavy atom. The lowest BCUT2D eigenvalue weighted by Gasteiger charge is -2.22. The van der Waals surface area contributed by atoms with Crippen LogP contribution in [0.25, 0.3) is 0 Å². The van der Waals surface area contributed by atoms with Crippen molar-refractivity contribution in [3.63, 3.8) is 0 Å². The number of halogens is 1. The average Bonchev–Trinajstić information content (AvgIpc) is 2.29. The molecule has 1 aliphatic heterocycles. The van der Waals surface area contributed by atoms with Crippen molar-refractivity contribution in [2.45, 2.75) is 25.4 Å². The van der Waals surface area contributed by atoms with Crippen LogP contribution in [0.15, 0.2) is 22.7 Å². The highest BCUT2D eigenvalue weighted by Crippen LogP contribution is 2.27. The van der Waals surface area contributed by atoms with E-state index in [0.717, 1.165) is 28.9 Å². The van der Waals surface area contributed by atoms with Gasteiger partial charge in [0.25, 0.3) is 0 Å². The molecule has 0 bridgehead atoms. The van der Waals surface area contributed by atoms with Gasteiger partial charge >= 0.3 is 0 Å². The average molecular weight is 286 g/mol. The second kappa shape index (κ2) is 5.55. The van der Waals surface area contributed by atoms with E-state index in [9.17, 15) is 0 Å². The third kappa shape index (κ3) is 3.12. The maximum absolute atomic E-state index is 5.70. The molecule has 1 aliphatic rings. The molecule has 0 aliphatic carbocycles. The van der Waals surface area contributed by atoms with Gasteiger partial charge in [-0.1, -0.05) is 0 Å². The molecule has 0 amide bonds. The Bertz CT molecular complexity index is 351. The highest BCUT2D eigenvalue weighted by atomic mass is 79.9. The number of ether oxygens (including phenoxy) is 2. The molecule has 3 nitrogen and oxygen atoms in total. The topological polar surface area (TPSA) is 44.5 Å². The molecule has 4 heteroatoms. The van der Waals surface area contributed by atoms with E-state index in [1.165, 1.54) is 12.8 Å². The molecule has 0 aromatic heterocycles. The van der Waals surface area contributed by atoms with Crippen molar-refractivity contribution in [1.82, 2.24) is 0 Å². The molecule has 2 rings (SSSR count). The van der Waals surface area contributed by atoms with Crippen molar-refractivity contribution in [1.29, 1.82) is 0 Å². The summed E-state index contributed by atoms with van der Waals surface area (Å²) in [7, 11) is 0. The van der Waals surface area contributed by atoms with E-state index in [-0.39, 0.29) is 6.10 Å². The minimum absolute atomic E-state index is 0.234. The van der Waals surface area contributed by atoms with E-state index in [1.807, 2.05) is 18.2 Å². The first kappa shape index (κ1) is 11.7. The van der Waals surface area contributed by atoms with E-state index >= 15 is 0 Å². The van der Waals surface area contributed by atoms with Crippen molar-refractivity contribution in [3.05, 3.63) is 22.7 Å². The highest BCUT2D eigenvalue weighted by molar-refractivity contribution is 9.10. The van der Waals surface area contributed by atoms with Crippen LogP contribution in [-0.4, -0.2) is 19.3 Å². The summed E-state index contributed by atoms with van der Waals surface area (Å²) < 4.78 is 12.2. The molecule has 1 fully saturated rings. The predicted molar refractivity (Wildman–Crippen MR) is 67.6 cm³/mol. The van der Waals surface area contributed by atoms with Gasteiger partial charge in [0.1, 0.15) is 12.4 Å². The van der Waals surface area contributed by atoms with E-state index in [0.29, 0.717) is 6.61 Å². The van der Waals surface area contributed by atoms with E-state index in [1.54, 1.807) is 0 Å². The van der Waals surface area contributed by atoms with Gasteiger partial charge in [-0.3, -0.25) is 0 Å². The van der Waals surface area contributed by atoms with Gasteiger partial charge in [0.2, 0.25) is 0 Å². The maximum Gasteiger partial charge on any atom is 0.133 e. The Balaban J connectivity index is 1.88. The van der Waals surface area contributed by atoms with Crippen LogP contribution in [-0.2, 0) is 4.74 Å². The standard InChI is InChI=1S/C12H16BrNO2/c13-11-7-9(14)4-5-12(11)16-8-10-3-1-2-6-15-10/h4-5,7,10H,1-3,6,8,14H2. The first-order chi connectivity index (χ1) is 7.75. The van der Waals surface area contributed by atoms with Crippen LogP contribution >= 0.6 is 15.9 Å². The van der Waals surface area contributed by atoms with Crippen LogP contribution in [0, 0.1) is 0 Å². The molecule has 1 aromatic carbocycles. The minimum atomic E-state index is 0.234. The van der Waals surface area contributed by atoms with Gasteiger partial charge in [-0.2, -0.15) is 0 Å². The second-order valence-corrected chi connectivity index (χ2v) is 4.84. The molecule has 1 saturated heterocycles. The highest BCUT2D eigenvalue weighted by Gasteiger charge is 2.14. The molecule has 2 N–H and O–H groups in total. The van der Waals surface area contributed by atoms with E-state index in [2.05, 4.69) is 15.9 Å². The maximum atomic E-state index is 5.70. The third-order valence-electron chi connectivity index (χ3n) is 2.65. The Hall–Kier alpha value is -0.740. The molecule has 0 radical (unpaired) electrons. The number of anilines is 1. The van der Waals surface area contributed by atoms with Crippen LogP contribution in [0.3, 0.4) is 0 Å². The summed E-state index contributed by atoms with van der Waals surface area (Å²) in [6, 6.07) is 5.56. The summed E-state index contributed by atoms with van der Waals surface area (Å²) in [6.45, 7) is 1.47. The number of hydrogen-bond acceptors (Lipinski definition) is 3. The summed E-state index contributed by atoms with van der Waals surface area (Å²) in [6.07, 6.45) is 3.73. The van der Waals surface area contributed by atoms with E-state index < -0.39 is 0 Å². The first-order valence-electron chi connectivity index (χ1n) is 5.55. The smallest absolute Gasteiger partial charge is 0.133 e. The fraction of sp³-hybridized carbons (Fsp3) is 0.500. The molecule has 0 saturated carbocycles. The quantitative estimate of drug-likeness (QED) is 0.869. The molecule has 0 spiro atoms. The van der Waals surface area contributed by atoms with Gasteiger partial charge in [-0.15, -0.1) is 0 Å². The molecule has 1 heterocycles. The number of benzene rings is 1. The molecule has 88 valence electrons. The number of nitrogens with two attached hydrogens (primary N) is 1. The van der Waals surface area contributed by atoms with Gasteiger partial charge in [-0.25, -0.2) is 0 Å². The molecular formula is C12H16BrNO2. The van der Waals surface area contributed by atoms with Crippen LogP contribution < -0.4 is 10.5 Å². The normalized spacial score (nSPS) is 20.7. The summed E-state index contributed by atoms with van der Waals surface area (Å²) in [5.41, 5.74) is 6.39. The van der Waals surface area contributed by atoms with Gasteiger partial charge < -0.3 is 15.2 Å². The summed E-state index contributed by atoms with van der Waals surface area (Å²) in [5.74, 6) is 0.823. The van der Waals surface area contributed by atoms with Crippen molar-refractivity contribution in [3.8, 4) is 5.75 Å². The van der Waals surface area contributed by atoms with Crippen molar-refractivity contribution in [2.24, 2.45) is 0 Å².